The standard InChI is InChI=1S/C13H22N2S/c1-3-7-14-10-11-6-8-15(2)13(11)12-5-4-9-16-12/h4-5,9,11,13-14H,3,6-8,10H2,1-2H3. The van der Waals surface area contributed by atoms with E-state index >= 15 is 0 Å². The van der Waals surface area contributed by atoms with E-state index in [9.17, 15) is 0 Å². The average molecular weight is 238 g/mol. The summed E-state index contributed by atoms with van der Waals surface area (Å²) in [6.07, 6.45) is 2.56. The number of hydrogen-bond donors (Lipinski definition) is 1. The molecule has 0 spiro atoms. The van der Waals surface area contributed by atoms with Crippen molar-refractivity contribution in [1.29, 1.82) is 0 Å². The lowest BCUT2D eigenvalue weighted by Gasteiger charge is -2.24. The molecule has 1 aromatic rings. The van der Waals surface area contributed by atoms with Gasteiger partial charge in [0.2, 0.25) is 0 Å². The van der Waals surface area contributed by atoms with Crippen molar-refractivity contribution in [3.63, 3.8) is 0 Å². The van der Waals surface area contributed by atoms with Gasteiger partial charge >= 0.3 is 0 Å². The molecule has 2 atom stereocenters. The van der Waals surface area contributed by atoms with Crippen molar-refractivity contribution >= 4 is 11.3 Å². The van der Waals surface area contributed by atoms with Crippen molar-refractivity contribution in [3.05, 3.63) is 22.4 Å². The highest BCUT2D eigenvalue weighted by Gasteiger charge is 2.32. The molecule has 0 radical (unpaired) electrons. The second-order valence-corrected chi connectivity index (χ2v) is 5.67. The molecule has 0 aromatic carbocycles. The molecule has 2 nitrogen and oxygen atoms in total. The zero-order valence-corrected chi connectivity index (χ0v) is 11.1. The van der Waals surface area contributed by atoms with E-state index in [-0.39, 0.29) is 0 Å². The van der Waals surface area contributed by atoms with E-state index in [1.807, 2.05) is 11.3 Å². The van der Waals surface area contributed by atoms with Crippen molar-refractivity contribution in [2.45, 2.75) is 25.8 Å². The van der Waals surface area contributed by atoms with Crippen LogP contribution < -0.4 is 5.32 Å². The fourth-order valence-corrected chi connectivity index (χ4v) is 3.60. The molecular formula is C13H22N2S. The van der Waals surface area contributed by atoms with Crippen molar-refractivity contribution in [2.24, 2.45) is 5.92 Å². The molecule has 1 saturated heterocycles. The maximum atomic E-state index is 3.57. The van der Waals surface area contributed by atoms with E-state index in [1.165, 1.54) is 30.8 Å². The number of hydrogen-bond acceptors (Lipinski definition) is 3. The number of likely N-dealkylation sites (tertiary alicyclic amines) is 1. The van der Waals surface area contributed by atoms with Crippen LogP contribution in [0.5, 0.6) is 0 Å². The van der Waals surface area contributed by atoms with Crippen LogP contribution in [0.4, 0.5) is 0 Å². The molecule has 2 unspecified atom stereocenters. The van der Waals surface area contributed by atoms with Crippen LogP contribution in [0.3, 0.4) is 0 Å². The monoisotopic (exact) mass is 238 g/mol. The smallest absolute Gasteiger partial charge is 0.0479 e. The predicted octanol–water partition coefficient (Wildman–Crippen LogP) is 2.74. The van der Waals surface area contributed by atoms with Gasteiger partial charge in [-0.3, -0.25) is 4.90 Å². The molecule has 90 valence electrons. The van der Waals surface area contributed by atoms with Gasteiger partial charge in [-0.15, -0.1) is 11.3 Å². The Bertz CT molecular complexity index is 297. The molecule has 0 aliphatic carbocycles. The van der Waals surface area contributed by atoms with Gasteiger partial charge in [-0.05, 0) is 56.9 Å². The maximum absolute atomic E-state index is 3.57. The largest absolute Gasteiger partial charge is 0.316 e. The van der Waals surface area contributed by atoms with Crippen molar-refractivity contribution in [3.8, 4) is 0 Å². The maximum Gasteiger partial charge on any atom is 0.0479 e. The van der Waals surface area contributed by atoms with E-state index < -0.39 is 0 Å². The normalized spacial score (nSPS) is 26.4. The predicted molar refractivity (Wildman–Crippen MR) is 71.0 cm³/mol. The van der Waals surface area contributed by atoms with Gasteiger partial charge in [-0.25, -0.2) is 0 Å². The first kappa shape index (κ1) is 12.1. The van der Waals surface area contributed by atoms with Crippen LogP contribution in [-0.4, -0.2) is 31.6 Å². The number of thiophene rings is 1. The first-order chi connectivity index (χ1) is 7.83. The van der Waals surface area contributed by atoms with Gasteiger partial charge in [0.05, 0.1) is 0 Å². The highest BCUT2D eigenvalue weighted by atomic mass is 32.1. The van der Waals surface area contributed by atoms with Gasteiger partial charge < -0.3 is 5.32 Å². The van der Waals surface area contributed by atoms with E-state index in [0.717, 1.165) is 12.5 Å². The average Bonchev–Trinajstić information content (AvgIpc) is 2.88. The summed E-state index contributed by atoms with van der Waals surface area (Å²) in [5.74, 6) is 0.787. The molecule has 0 bridgehead atoms. The fraction of sp³-hybridized carbons (Fsp3) is 0.692. The second-order valence-electron chi connectivity index (χ2n) is 4.69. The summed E-state index contributed by atoms with van der Waals surface area (Å²) < 4.78 is 0. The van der Waals surface area contributed by atoms with Crippen molar-refractivity contribution in [1.82, 2.24) is 10.2 Å². The third-order valence-electron chi connectivity index (χ3n) is 3.44. The second kappa shape index (κ2) is 5.80. The first-order valence-electron chi connectivity index (χ1n) is 6.27. The third kappa shape index (κ3) is 2.65. The molecular weight excluding hydrogens is 216 g/mol. The minimum absolute atomic E-state index is 0.643. The molecule has 1 aliphatic heterocycles. The zero-order chi connectivity index (χ0) is 11.4. The molecule has 2 rings (SSSR count). The highest BCUT2D eigenvalue weighted by molar-refractivity contribution is 7.10. The summed E-state index contributed by atoms with van der Waals surface area (Å²) in [5.41, 5.74) is 0. The molecule has 1 aromatic heterocycles. The van der Waals surface area contributed by atoms with Gasteiger partial charge in [-0.2, -0.15) is 0 Å². The third-order valence-corrected chi connectivity index (χ3v) is 4.38. The Hall–Kier alpha value is -0.380. The SMILES string of the molecule is CCCNCC1CCN(C)C1c1cccs1. The van der Waals surface area contributed by atoms with E-state index in [1.54, 1.807) is 0 Å². The number of nitrogens with zero attached hydrogens (tertiary/aromatic N) is 1. The molecule has 1 aliphatic rings. The summed E-state index contributed by atoms with van der Waals surface area (Å²) in [7, 11) is 2.25. The number of nitrogens with one attached hydrogen (secondary N) is 1. The Kier molecular flexibility index (Phi) is 4.38. The molecule has 16 heavy (non-hydrogen) atoms. The lowest BCUT2D eigenvalue weighted by Crippen LogP contribution is -2.28. The Labute approximate surface area is 103 Å². The molecule has 0 saturated carbocycles. The van der Waals surface area contributed by atoms with Gasteiger partial charge in [0.25, 0.3) is 0 Å². The summed E-state index contributed by atoms with van der Waals surface area (Å²) >= 11 is 1.90. The lowest BCUT2D eigenvalue weighted by atomic mass is 9.99. The van der Waals surface area contributed by atoms with Crippen LogP contribution in [0.25, 0.3) is 0 Å². The minimum atomic E-state index is 0.643. The topological polar surface area (TPSA) is 15.3 Å². The van der Waals surface area contributed by atoms with Gasteiger partial charge in [-0.1, -0.05) is 13.0 Å². The first-order valence-corrected chi connectivity index (χ1v) is 7.15. The Balaban J connectivity index is 1.96. The summed E-state index contributed by atoms with van der Waals surface area (Å²) in [5, 5.41) is 5.76. The molecule has 3 heteroatoms. The van der Waals surface area contributed by atoms with Crippen LogP contribution in [-0.2, 0) is 0 Å². The number of rotatable bonds is 5. The Morgan fingerprint density at radius 3 is 3.12 bits per heavy atom. The summed E-state index contributed by atoms with van der Waals surface area (Å²) in [6.45, 7) is 5.78. The minimum Gasteiger partial charge on any atom is -0.316 e. The van der Waals surface area contributed by atoms with Crippen molar-refractivity contribution in [2.75, 3.05) is 26.7 Å². The van der Waals surface area contributed by atoms with Gasteiger partial charge in [0.1, 0.15) is 0 Å². The quantitative estimate of drug-likeness (QED) is 0.794. The summed E-state index contributed by atoms with van der Waals surface area (Å²) in [4.78, 5) is 4.03. The van der Waals surface area contributed by atoms with Crippen LogP contribution in [0.1, 0.15) is 30.7 Å². The zero-order valence-electron chi connectivity index (χ0n) is 10.3. The Morgan fingerprint density at radius 2 is 2.44 bits per heavy atom. The van der Waals surface area contributed by atoms with Crippen LogP contribution >= 0.6 is 11.3 Å². The van der Waals surface area contributed by atoms with Crippen molar-refractivity contribution < 1.29 is 0 Å². The van der Waals surface area contributed by atoms with Crippen LogP contribution in [0.2, 0.25) is 0 Å². The van der Waals surface area contributed by atoms with Gasteiger partial charge in [0, 0.05) is 10.9 Å². The molecule has 0 amide bonds. The molecule has 1 N–H and O–H groups in total. The summed E-state index contributed by atoms with van der Waals surface area (Å²) in [6, 6.07) is 5.09. The van der Waals surface area contributed by atoms with Crippen LogP contribution in [0.15, 0.2) is 17.5 Å². The molecule has 1 fully saturated rings. The molecule has 2 heterocycles. The Morgan fingerprint density at radius 1 is 1.56 bits per heavy atom. The highest BCUT2D eigenvalue weighted by Crippen LogP contribution is 2.37. The lowest BCUT2D eigenvalue weighted by molar-refractivity contribution is 0.276. The fourth-order valence-electron chi connectivity index (χ4n) is 2.61. The van der Waals surface area contributed by atoms with E-state index in [2.05, 4.69) is 41.7 Å². The van der Waals surface area contributed by atoms with E-state index in [0.29, 0.717) is 6.04 Å². The van der Waals surface area contributed by atoms with Gasteiger partial charge in [0.15, 0.2) is 0 Å². The van der Waals surface area contributed by atoms with E-state index in [4.69, 9.17) is 0 Å². The van der Waals surface area contributed by atoms with Crippen LogP contribution in [0, 0.1) is 5.92 Å².